The van der Waals surface area contributed by atoms with E-state index in [9.17, 15) is 9.18 Å². The number of hydrogen-bond acceptors (Lipinski definition) is 2. The maximum atomic E-state index is 13.4. The summed E-state index contributed by atoms with van der Waals surface area (Å²) in [6, 6.07) is 6.44. The molecule has 116 valence electrons. The first-order valence-electron chi connectivity index (χ1n) is 7.05. The molecule has 1 aromatic rings. The molecule has 0 radical (unpaired) electrons. The van der Waals surface area contributed by atoms with Crippen LogP contribution in [0.15, 0.2) is 24.3 Å². The fraction of sp³-hybridized carbons (Fsp3) is 0.467. The van der Waals surface area contributed by atoms with Crippen molar-refractivity contribution < 1.29 is 9.18 Å². The van der Waals surface area contributed by atoms with E-state index in [1.165, 1.54) is 6.07 Å². The van der Waals surface area contributed by atoms with Gasteiger partial charge < -0.3 is 5.32 Å². The van der Waals surface area contributed by atoms with Gasteiger partial charge in [-0.05, 0) is 42.6 Å². The summed E-state index contributed by atoms with van der Waals surface area (Å²) in [6.45, 7) is 5.01. The van der Waals surface area contributed by atoms with Gasteiger partial charge in [-0.1, -0.05) is 32.0 Å². The average molecular weight is 311 g/mol. The minimum absolute atomic E-state index is 0.197. The molecule has 1 rings (SSSR count). The van der Waals surface area contributed by atoms with Crippen LogP contribution >= 0.6 is 12.2 Å². The minimum Gasteiger partial charge on any atom is -0.361 e. The van der Waals surface area contributed by atoms with Gasteiger partial charge in [-0.3, -0.25) is 15.6 Å². The van der Waals surface area contributed by atoms with E-state index >= 15 is 0 Å². The largest absolute Gasteiger partial charge is 0.361 e. The first-order valence-corrected chi connectivity index (χ1v) is 7.46. The number of benzene rings is 1. The van der Waals surface area contributed by atoms with Gasteiger partial charge in [0.15, 0.2) is 5.11 Å². The molecule has 3 N–H and O–H groups in total. The lowest BCUT2D eigenvalue weighted by Crippen LogP contribution is -2.47. The lowest BCUT2D eigenvalue weighted by molar-refractivity contribution is -0.121. The number of amides is 1. The SMILES string of the molecule is CC(C)CCNC(=S)NNC(=O)CCc1ccccc1F. The highest BCUT2D eigenvalue weighted by Crippen LogP contribution is 2.08. The Morgan fingerprint density at radius 1 is 1.29 bits per heavy atom. The quantitative estimate of drug-likeness (QED) is 0.557. The molecule has 4 nitrogen and oxygen atoms in total. The van der Waals surface area contributed by atoms with Crippen LogP contribution in [-0.2, 0) is 11.2 Å². The molecule has 0 heterocycles. The van der Waals surface area contributed by atoms with Crippen LogP contribution < -0.4 is 16.2 Å². The Bertz CT molecular complexity index is 480. The molecule has 6 heteroatoms. The molecule has 0 aromatic heterocycles. The second-order valence-corrected chi connectivity index (χ2v) is 5.61. The topological polar surface area (TPSA) is 53.2 Å². The molecule has 0 aliphatic heterocycles. The van der Waals surface area contributed by atoms with Crippen molar-refractivity contribution in [1.82, 2.24) is 16.2 Å². The highest BCUT2D eigenvalue weighted by atomic mass is 32.1. The molecule has 1 aromatic carbocycles. The van der Waals surface area contributed by atoms with Crippen molar-refractivity contribution in [2.24, 2.45) is 5.92 Å². The van der Waals surface area contributed by atoms with Crippen LogP contribution in [0.25, 0.3) is 0 Å². The van der Waals surface area contributed by atoms with Gasteiger partial charge in [-0.15, -0.1) is 0 Å². The highest BCUT2D eigenvalue weighted by molar-refractivity contribution is 7.80. The number of halogens is 1. The van der Waals surface area contributed by atoms with Gasteiger partial charge in [0.05, 0.1) is 0 Å². The van der Waals surface area contributed by atoms with Crippen molar-refractivity contribution in [3.05, 3.63) is 35.6 Å². The fourth-order valence-corrected chi connectivity index (χ4v) is 1.81. The second-order valence-electron chi connectivity index (χ2n) is 5.20. The van der Waals surface area contributed by atoms with Crippen molar-refractivity contribution in [2.75, 3.05) is 6.54 Å². The van der Waals surface area contributed by atoms with E-state index < -0.39 is 0 Å². The smallest absolute Gasteiger partial charge is 0.238 e. The molecular weight excluding hydrogens is 289 g/mol. The summed E-state index contributed by atoms with van der Waals surface area (Å²) in [6.07, 6.45) is 1.55. The molecule has 0 spiro atoms. The number of carbonyl (C=O) groups excluding carboxylic acids is 1. The monoisotopic (exact) mass is 311 g/mol. The molecule has 0 unspecified atom stereocenters. The van der Waals surface area contributed by atoms with Crippen LogP contribution in [0, 0.1) is 11.7 Å². The predicted molar refractivity (Wildman–Crippen MR) is 86.1 cm³/mol. The Balaban J connectivity index is 2.19. The maximum absolute atomic E-state index is 13.4. The summed E-state index contributed by atoms with van der Waals surface area (Å²) in [5.74, 6) is 0.0751. The van der Waals surface area contributed by atoms with E-state index in [2.05, 4.69) is 30.0 Å². The Kier molecular flexibility index (Phi) is 7.68. The third-order valence-corrected chi connectivity index (χ3v) is 3.15. The Labute approximate surface area is 130 Å². The van der Waals surface area contributed by atoms with Gasteiger partial charge in [0.2, 0.25) is 5.91 Å². The van der Waals surface area contributed by atoms with Gasteiger partial charge in [-0.25, -0.2) is 4.39 Å². The zero-order valence-corrected chi connectivity index (χ0v) is 13.2. The summed E-state index contributed by atoms with van der Waals surface area (Å²) in [5, 5.41) is 3.38. The maximum Gasteiger partial charge on any atom is 0.238 e. The van der Waals surface area contributed by atoms with E-state index in [1.807, 2.05) is 0 Å². The molecular formula is C15H22FN3OS. The molecule has 0 aliphatic rings. The van der Waals surface area contributed by atoms with E-state index in [1.54, 1.807) is 18.2 Å². The van der Waals surface area contributed by atoms with E-state index in [-0.39, 0.29) is 18.1 Å². The summed E-state index contributed by atoms with van der Waals surface area (Å²) in [4.78, 5) is 11.6. The predicted octanol–water partition coefficient (Wildman–Crippen LogP) is 2.30. The molecule has 0 saturated heterocycles. The second kappa shape index (κ2) is 9.28. The van der Waals surface area contributed by atoms with Crippen LogP contribution in [0.1, 0.15) is 32.3 Å². The van der Waals surface area contributed by atoms with E-state index in [4.69, 9.17) is 12.2 Å². The number of nitrogens with one attached hydrogen (secondary N) is 3. The summed E-state index contributed by atoms with van der Waals surface area (Å²) < 4.78 is 13.4. The highest BCUT2D eigenvalue weighted by Gasteiger charge is 2.06. The average Bonchev–Trinajstić information content (AvgIpc) is 2.44. The molecule has 0 saturated carbocycles. The summed E-state index contributed by atoms with van der Waals surface area (Å²) in [7, 11) is 0. The zero-order chi connectivity index (χ0) is 15.7. The van der Waals surface area contributed by atoms with Gasteiger partial charge in [0.25, 0.3) is 0 Å². The number of hydrogen-bond donors (Lipinski definition) is 3. The Hall–Kier alpha value is -1.69. The lowest BCUT2D eigenvalue weighted by atomic mass is 10.1. The number of carbonyl (C=O) groups is 1. The van der Waals surface area contributed by atoms with Crippen LogP contribution in [-0.4, -0.2) is 17.6 Å². The van der Waals surface area contributed by atoms with E-state index in [0.717, 1.165) is 13.0 Å². The molecule has 21 heavy (non-hydrogen) atoms. The standard InChI is InChI=1S/C15H22FN3OS/c1-11(2)9-10-17-15(21)19-18-14(20)8-7-12-5-3-4-6-13(12)16/h3-6,11H,7-10H2,1-2H3,(H,18,20)(H2,17,19,21). The normalized spacial score (nSPS) is 10.3. The summed E-state index contributed by atoms with van der Waals surface area (Å²) >= 11 is 5.03. The van der Waals surface area contributed by atoms with Crippen LogP contribution in [0.2, 0.25) is 0 Å². The van der Waals surface area contributed by atoms with Gasteiger partial charge in [0.1, 0.15) is 5.82 Å². The summed E-state index contributed by atoms with van der Waals surface area (Å²) in [5.41, 5.74) is 5.66. The van der Waals surface area contributed by atoms with Gasteiger partial charge in [-0.2, -0.15) is 0 Å². The Morgan fingerprint density at radius 3 is 2.67 bits per heavy atom. The zero-order valence-electron chi connectivity index (χ0n) is 12.4. The Morgan fingerprint density at radius 2 is 2.00 bits per heavy atom. The first-order chi connectivity index (χ1) is 9.99. The molecule has 0 fully saturated rings. The van der Waals surface area contributed by atoms with Crippen molar-refractivity contribution in [3.63, 3.8) is 0 Å². The number of rotatable bonds is 6. The number of thiocarbonyl (C=S) groups is 1. The molecule has 0 atom stereocenters. The molecule has 0 bridgehead atoms. The first kappa shape index (κ1) is 17.4. The number of aryl methyl sites for hydroxylation is 1. The van der Waals surface area contributed by atoms with Crippen molar-refractivity contribution >= 4 is 23.2 Å². The van der Waals surface area contributed by atoms with Crippen molar-refractivity contribution in [2.45, 2.75) is 33.1 Å². The van der Waals surface area contributed by atoms with Crippen molar-refractivity contribution in [3.8, 4) is 0 Å². The molecule has 1 amide bonds. The lowest BCUT2D eigenvalue weighted by Gasteiger charge is -2.12. The third-order valence-electron chi connectivity index (χ3n) is 2.90. The third kappa shape index (κ3) is 7.60. The number of hydrazine groups is 1. The van der Waals surface area contributed by atoms with Gasteiger partial charge >= 0.3 is 0 Å². The van der Waals surface area contributed by atoms with Crippen LogP contribution in [0.5, 0.6) is 0 Å². The van der Waals surface area contributed by atoms with Crippen molar-refractivity contribution in [1.29, 1.82) is 0 Å². The van der Waals surface area contributed by atoms with Gasteiger partial charge in [0, 0.05) is 13.0 Å². The van der Waals surface area contributed by atoms with Crippen LogP contribution in [0.3, 0.4) is 0 Å². The fourth-order valence-electron chi connectivity index (χ4n) is 1.66. The molecule has 0 aliphatic carbocycles. The minimum atomic E-state index is -0.288. The van der Waals surface area contributed by atoms with E-state index in [0.29, 0.717) is 23.0 Å². The van der Waals surface area contributed by atoms with Crippen LogP contribution in [0.4, 0.5) is 4.39 Å².